The largest absolute Gasteiger partial charge is 0.497 e. The molecule has 2 N–H and O–H groups in total. The van der Waals surface area contributed by atoms with Gasteiger partial charge in [-0.15, -0.1) is 0 Å². The molecule has 0 bridgehead atoms. The molecule has 2 aromatic carbocycles. The van der Waals surface area contributed by atoms with E-state index >= 15 is 0 Å². The van der Waals surface area contributed by atoms with E-state index < -0.39 is 12.3 Å². The number of hydrogen-bond acceptors (Lipinski definition) is 8. The molecule has 4 rings (SSSR count). The molecular formula is C24H27ClN4O6. The Hall–Kier alpha value is -3.31. The van der Waals surface area contributed by atoms with E-state index in [0.29, 0.717) is 22.3 Å². The molecule has 0 aliphatic carbocycles. The van der Waals surface area contributed by atoms with Crippen LogP contribution in [-0.2, 0) is 11.3 Å². The van der Waals surface area contributed by atoms with E-state index in [2.05, 4.69) is 4.98 Å². The van der Waals surface area contributed by atoms with Crippen LogP contribution in [0.1, 0.15) is 16.1 Å². The standard InChI is InChI=1S/C24H27ClN4O6/c1-27-21-20(22(31)28(24(27)32)10-12-34-13-11-30)29(15-16-6-8-17(25)9-7-16)23(26-21)35-19-5-3-4-18(14-19)33-2/h3-9,14,24,30,32H,10-13,15H2,1-2H3. The highest BCUT2D eigenvalue weighted by molar-refractivity contribution is 6.30. The van der Waals surface area contributed by atoms with E-state index in [4.69, 9.17) is 30.9 Å². The van der Waals surface area contributed by atoms with Crippen molar-refractivity contribution in [3.63, 3.8) is 0 Å². The summed E-state index contributed by atoms with van der Waals surface area (Å²) in [7, 11) is 3.21. The lowest BCUT2D eigenvalue weighted by molar-refractivity contribution is -0.0123. The van der Waals surface area contributed by atoms with Crippen LogP contribution in [0.25, 0.3) is 0 Å². The molecular weight excluding hydrogens is 476 g/mol. The molecule has 10 nitrogen and oxygen atoms in total. The number of fused-ring (bicyclic) bond motifs is 1. The number of carbonyl (C=O) groups is 1. The predicted molar refractivity (Wildman–Crippen MR) is 129 cm³/mol. The molecule has 35 heavy (non-hydrogen) atoms. The van der Waals surface area contributed by atoms with Crippen LogP contribution in [0, 0.1) is 0 Å². The van der Waals surface area contributed by atoms with Crippen LogP contribution in [0.2, 0.25) is 5.02 Å². The lowest BCUT2D eigenvalue weighted by Gasteiger charge is -2.38. The molecule has 1 atom stereocenters. The zero-order valence-corrected chi connectivity index (χ0v) is 20.2. The summed E-state index contributed by atoms with van der Waals surface area (Å²) in [4.78, 5) is 20.9. The molecule has 0 saturated heterocycles. The number of ether oxygens (including phenoxy) is 3. The number of aliphatic hydroxyl groups is 2. The first kappa shape index (κ1) is 24.8. The Labute approximate surface area is 207 Å². The molecule has 3 aromatic rings. The van der Waals surface area contributed by atoms with Gasteiger partial charge in [0, 0.05) is 24.7 Å². The monoisotopic (exact) mass is 502 g/mol. The van der Waals surface area contributed by atoms with E-state index in [-0.39, 0.29) is 44.6 Å². The normalized spacial score (nSPS) is 15.3. The number of rotatable bonds is 10. The Morgan fingerprint density at radius 2 is 1.86 bits per heavy atom. The topological polar surface area (TPSA) is 110 Å². The first-order valence-electron chi connectivity index (χ1n) is 11.0. The number of anilines is 1. The van der Waals surface area contributed by atoms with Crippen LogP contribution in [0.5, 0.6) is 17.5 Å². The number of methoxy groups -OCH3 is 1. The highest BCUT2D eigenvalue weighted by Gasteiger charge is 2.40. The number of imidazole rings is 1. The summed E-state index contributed by atoms with van der Waals surface area (Å²) >= 11 is 6.05. The summed E-state index contributed by atoms with van der Waals surface area (Å²) in [6.45, 7) is 0.585. The van der Waals surface area contributed by atoms with E-state index in [1.54, 1.807) is 55.1 Å². The van der Waals surface area contributed by atoms with Crippen LogP contribution in [0.4, 0.5) is 5.82 Å². The van der Waals surface area contributed by atoms with E-state index in [1.807, 2.05) is 12.1 Å². The molecule has 0 saturated carbocycles. The summed E-state index contributed by atoms with van der Waals surface area (Å²) in [5.41, 5.74) is 1.15. The van der Waals surface area contributed by atoms with Gasteiger partial charge >= 0.3 is 6.01 Å². The number of carbonyl (C=O) groups excluding carboxylic acids is 1. The second kappa shape index (κ2) is 11.0. The van der Waals surface area contributed by atoms with Crippen molar-refractivity contribution >= 4 is 23.3 Å². The number of benzene rings is 2. The minimum Gasteiger partial charge on any atom is -0.497 e. The Morgan fingerprint density at radius 3 is 2.57 bits per heavy atom. The van der Waals surface area contributed by atoms with Crippen molar-refractivity contribution in [1.82, 2.24) is 14.5 Å². The zero-order chi connectivity index (χ0) is 24.9. The molecule has 11 heteroatoms. The second-order valence-corrected chi connectivity index (χ2v) is 8.29. The number of hydrogen-bond donors (Lipinski definition) is 2. The van der Waals surface area contributed by atoms with Gasteiger partial charge in [-0.1, -0.05) is 29.8 Å². The van der Waals surface area contributed by atoms with Gasteiger partial charge in [-0.3, -0.25) is 14.3 Å². The van der Waals surface area contributed by atoms with Gasteiger partial charge < -0.3 is 29.3 Å². The van der Waals surface area contributed by atoms with Gasteiger partial charge in [0.05, 0.1) is 33.5 Å². The van der Waals surface area contributed by atoms with Crippen molar-refractivity contribution in [1.29, 1.82) is 0 Å². The highest BCUT2D eigenvalue weighted by atomic mass is 35.5. The van der Waals surface area contributed by atoms with Gasteiger partial charge in [0.25, 0.3) is 5.91 Å². The summed E-state index contributed by atoms with van der Waals surface area (Å²) in [6, 6.07) is 14.5. The van der Waals surface area contributed by atoms with Gasteiger partial charge in [-0.05, 0) is 29.8 Å². The fraction of sp³-hybridized carbons (Fsp3) is 0.333. The van der Waals surface area contributed by atoms with E-state index in [9.17, 15) is 9.90 Å². The fourth-order valence-corrected chi connectivity index (χ4v) is 3.88. The maximum Gasteiger partial charge on any atom is 0.304 e. The maximum absolute atomic E-state index is 13.5. The van der Waals surface area contributed by atoms with Crippen molar-refractivity contribution in [2.75, 3.05) is 45.4 Å². The Balaban J connectivity index is 1.73. The van der Waals surface area contributed by atoms with Crippen LogP contribution in [0.15, 0.2) is 48.5 Å². The summed E-state index contributed by atoms with van der Waals surface area (Å²) in [6.07, 6.45) is -1.24. The molecule has 0 fully saturated rings. The fourth-order valence-electron chi connectivity index (χ4n) is 3.75. The average Bonchev–Trinajstić information content (AvgIpc) is 3.21. The molecule has 0 radical (unpaired) electrons. The Kier molecular flexibility index (Phi) is 7.76. The molecule has 1 aliphatic heterocycles. The van der Waals surface area contributed by atoms with Gasteiger partial charge in [-0.2, -0.15) is 4.98 Å². The van der Waals surface area contributed by atoms with Crippen molar-refractivity contribution in [2.24, 2.45) is 0 Å². The Bertz CT molecular complexity index is 1170. The summed E-state index contributed by atoms with van der Waals surface area (Å²) in [5, 5.41) is 20.3. The van der Waals surface area contributed by atoms with Crippen molar-refractivity contribution in [3.05, 3.63) is 64.8 Å². The Morgan fingerprint density at radius 1 is 1.11 bits per heavy atom. The molecule has 1 amide bonds. The van der Waals surface area contributed by atoms with Crippen LogP contribution in [0.3, 0.4) is 0 Å². The number of amides is 1. The molecule has 1 aliphatic rings. The lowest BCUT2D eigenvalue weighted by Crippen LogP contribution is -2.55. The molecule has 1 unspecified atom stereocenters. The number of aromatic nitrogens is 2. The van der Waals surface area contributed by atoms with Gasteiger partial charge in [-0.25, -0.2) is 0 Å². The third-order valence-electron chi connectivity index (χ3n) is 5.55. The van der Waals surface area contributed by atoms with E-state index in [0.717, 1.165) is 5.56 Å². The molecule has 186 valence electrons. The van der Waals surface area contributed by atoms with Crippen molar-refractivity contribution < 1.29 is 29.2 Å². The van der Waals surface area contributed by atoms with E-state index in [1.165, 1.54) is 9.80 Å². The number of nitrogens with zero attached hydrogens (tertiary/aromatic N) is 4. The van der Waals surface area contributed by atoms with Crippen LogP contribution >= 0.6 is 11.6 Å². The average molecular weight is 503 g/mol. The number of halogens is 1. The zero-order valence-electron chi connectivity index (χ0n) is 19.4. The smallest absolute Gasteiger partial charge is 0.304 e. The van der Waals surface area contributed by atoms with Crippen molar-refractivity contribution in [3.8, 4) is 17.5 Å². The predicted octanol–water partition coefficient (Wildman–Crippen LogP) is 2.56. The number of aliphatic hydroxyl groups excluding tert-OH is 2. The first-order valence-corrected chi connectivity index (χ1v) is 11.4. The molecule has 1 aromatic heterocycles. The second-order valence-electron chi connectivity index (χ2n) is 7.85. The maximum atomic E-state index is 13.5. The van der Waals surface area contributed by atoms with Crippen LogP contribution < -0.4 is 14.4 Å². The first-order chi connectivity index (χ1) is 16.9. The summed E-state index contributed by atoms with van der Waals surface area (Å²) < 4.78 is 18.3. The SMILES string of the molecule is COc1cccc(Oc2nc3c(n2Cc2ccc(Cl)cc2)C(=O)N(CCOCCO)C(O)N3C)c1. The quantitative estimate of drug-likeness (QED) is 0.407. The summed E-state index contributed by atoms with van der Waals surface area (Å²) in [5.74, 6) is 0.969. The lowest BCUT2D eigenvalue weighted by atomic mass is 10.2. The minimum absolute atomic E-state index is 0.126. The third kappa shape index (κ3) is 5.35. The van der Waals surface area contributed by atoms with Gasteiger partial charge in [0.2, 0.25) is 6.35 Å². The molecule has 0 spiro atoms. The third-order valence-corrected chi connectivity index (χ3v) is 5.81. The molecule has 2 heterocycles. The van der Waals surface area contributed by atoms with Crippen molar-refractivity contribution in [2.45, 2.75) is 12.9 Å². The van der Waals surface area contributed by atoms with Crippen LogP contribution in [-0.4, -0.2) is 77.4 Å². The highest BCUT2D eigenvalue weighted by Crippen LogP contribution is 2.35. The van der Waals surface area contributed by atoms with Gasteiger partial charge in [0.1, 0.15) is 11.5 Å². The minimum atomic E-state index is -1.24. The van der Waals surface area contributed by atoms with Gasteiger partial charge in [0.15, 0.2) is 11.5 Å².